The number of fused-ring (bicyclic) bond motifs is 1. The van der Waals surface area contributed by atoms with Gasteiger partial charge in [0.2, 0.25) is 5.91 Å². The maximum atomic E-state index is 14.1. The van der Waals surface area contributed by atoms with Gasteiger partial charge in [-0.2, -0.15) is 0 Å². The topological polar surface area (TPSA) is 59.7 Å². The van der Waals surface area contributed by atoms with Crippen LogP contribution >= 0.6 is 11.6 Å². The summed E-state index contributed by atoms with van der Waals surface area (Å²) in [5.74, 6) is 0.0767. The molecule has 6 nitrogen and oxygen atoms in total. The molecule has 2 aliphatic rings. The fourth-order valence-electron chi connectivity index (χ4n) is 5.36. The predicted octanol–water partition coefficient (Wildman–Crippen LogP) is 4.80. The average Bonchev–Trinajstić information content (AvgIpc) is 3.31. The molecule has 35 heavy (non-hydrogen) atoms. The summed E-state index contributed by atoms with van der Waals surface area (Å²) in [6.07, 6.45) is 1.61. The van der Waals surface area contributed by atoms with Gasteiger partial charge in [0.15, 0.2) is 0 Å². The first-order chi connectivity index (χ1) is 16.9. The van der Waals surface area contributed by atoms with E-state index in [1.165, 1.54) is 6.07 Å². The third-order valence-corrected chi connectivity index (χ3v) is 7.76. The Balaban J connectivity index is 1.14. The molecule has 0 saturated carbocycles. The molecule has 1 aromatic heterocycles. The van der Waals surface area contributed by atoms with Crippen LogP contribution in [0.25, 0.3) is 10.9 Å². The third kappa shape index (κ3) is 4.87. The number of piperazine rings is 1. The minimum Gasteiger partial charge on any atom is -0.366 e. The zero-order valence-electron chi connectivity index (χ0n) is 19.8. The van der Waals surface area contributed by atoms with Crippen LogP contribution in [0, 0.1) is 17.7 Å². The maximum Gasteiger partial charge on any atom is 0.270 e. The van der Waals surface area contributed by atoms with E-state index in [1.807, 2.05) is 45.9 Å². The molecule has 3 heterocycles. The number of carbonyl (C=O) groups is 2. The van der Waals surface area contributed by atoms with E-state index in [1.54, 1.807) is 18.2 Å². The minimum atomic E-state index is -0.224. The number of amides is 2. The Morgan fingerprint density at radius 3 is 2.40 bits per heavy atom. The molecule has 2 aromatic carbocycles. The smallest absolute Gasteiger partial charge is 0.270 e. The Labute approximate surface area is 209 Å². The molecule has 0 spiro atoms. The minimum absolute atomic E-state index is 0.0148. The van der Waals surface area contributed by atoms with Gasteiger partial charge in [0.1, 0.15) is 11.5 Å². The van der Waals surface area contributed by atoms with E-state index in [0.717, 1.165) is 23.7 Å². The highest BCUT2D eigenvalue weighted by Crippen LogP contribution is 2.29. The number of aromatic nitrogens is 1. The highest BCUT2D eigenvalue weighted by molar-refractivity contribution is 6.31. The highest BCUT2D eigenvalue weighted by Gasteiger charge is 2.33. The summed E-state index contributed by atoms with van der Waals surface area (Å²) in [4.78, 5) is 35.2. The number of hydrogen-bond acceptors (Lipinski definition) is 3. The second-order valence-corrected chi connectivity index (χ2v) is 10.0. The van der Waals surface area contributed by atoms with E-state index in [9.17, 15) is 14.0 Å². The van der Waals surface area contributed by atoms with Crippen molar-refractivity contribution in [3.63, 3.8) is 0 Å². The van der Waals surface area contributed by atoms with E-state index >= 15 is 0 Å². The number of benzene rings is 2. The Kier molecular flexibility index (Phi) is 6.69. The number of piperidine rings is 1. The largest absolute Gasteiger partial charge is 0.366 e. The van der Waals surface area contributed by atoms with Gasteiger partial charge in [-0.15, -0.1) is 0 Å². The third-order valence-electron chi connectivity index (χ3n) is 7.52. The fourth-order valence-corrected chi connectivity index (χ4v) is 5.54. The van der Waals surface area contributed by atoms with E-state index in [4.69, 9.17) is 11.6 Å². The van der Waals surface area contributed by atoms with E-state index < -0.39 is 0 Å². The second-order valence-electron chi connectivity index (χ2n) is 9.60. The number of carbonyl (C=O) groups excluding carboxylic acids is 2. The molecule has 1 N–H and O–H groups in total. The summed E-state index contributed by atoms with van der Waals surface area (Å²) in [6.45, 7) is 5.73. The normalized spacial score (nSPS) is 18.2. The monoisotopic (exact) mass is 496 g/mol. The van der Waals surface area contributed by atoms with Crippen LogP contribution in [0.2, 0.25) is 5.02 Å². The zero-order chi connectivity index (χ0) is 24.5. The Morgan fingerprint density at radius 1 is 0.971 bits per heavy atom. The van der Waals surface area contributed by atoms with E-state index in [0.29, 0.717) is 55.7 Å². The van der Waals surface area contributed by atoms with Crippen molar-refractivity contribution in [1.29, 1.82) is 0 Å². The van der Waals surface area contributed by atoms with Crippen molar-refractivity contribution in [2.24, 2.45) is 11.8 Å². The molecule has 2 amide bonds. The molecule has 8 heteroatoms. The Hall–Kier alpha value is -3.06. The molecule has 0 radical (unpaired) electrons. The van der Waals surface area contributed by atoms with Crippen LogP contribution in [-0.4, -0.2) is 65.9 Å². The van der Waals surface area contributed by atoms with Crippen molar-refractivity contribution in [1.82, 2.24) is 14.8 Å². The predicted molar refractivity (Wildman–Crippen MR) is 136 cm³/mol. The lowest BCUT2D eigenvalue weighted by atomic mass is 9.84. The molecule has 1 atom stereocenters. The van der Waals surface area contributed by atoms with Gasteiger partial charge in [0.05, 0.1) is 5.69 Å². The molecule has 0 unspecified atom stereocenters. The Bertz CT molecular complexity index is 1230. The SMILES string of the molecule is C[C@@H](C(=O)N1CCN(c2ccccc2F)CC1)C1CCN(C(=O)c2cc3cc(Cl)ccc3[nH]2)CC1. The molecular weight excluding hydrogens is 467 g/mol. The molecule has 0 aliphatic carbocycles. The quantitative estimate of drug-likeness (QED) is 0.564. The van der Waals surface area contributed by atoms with Gasteiger partial charge in [-0.05, 0) is 55.2 Å². The molecule has 2 aliphatic heterocycles. The fraction of sp³-hybridized carbons (Fsp3) is 0.407. The number of nitrogens with zero attached hydrogens (tertiary/aromatic N) is 3. The van der Waals surface area contributed by atoms with Crippen LogP contribution in [0.4, 0.5) is 10.1 Å². The molecule has 5 rings (SSSR count). The highest BCUT2D eigenvalue weighted by atomic mass is 35.5. The number of para-hydroxylation sites is 1. The first-order valence-electron chi connectivity index (χ1n) is 12.3. The van der Waals surface area contributed by atoms with E-state index in [2.05, 4.69) is 4.98 Å². The number of aromatic amines is 1. The van der Waals surface area contributed by atoms with Gasteiger partial charge >= 0.3 is 0 Å². The number of H-pyrrole nitrogens is 1. The van der Waals surface area contributed by atoms with Crippen LogP contribution in [0.5, 0.6) is 0 Å². The van der Waals surface area contributed by atoms with Crippen molar-refractivity contribution in [2.45, 2.75) is 19.8 Å². The first kappa shape index (κ1) is 23.7. The van der Waals surface area contributed by atoms with Gasteiger partial charge < -0.3 is 19.7 Å². The molecule has 0 bridgehead atoms. The van der Waals surface area contributed by atoms with Gasteiger partial charge in [-0.1, -0.05) is 30.7 Å². The van der Waals surface area contributed by atoms with Crippen LogP contribution in [0.15, 0.2) is 48.5 Å². The summed E-state index contributed by atoms with van der Waals surface area (Å²) in [6, 6.07) is 14.2. The van der Waals surface area contributed by atoms with Crippen molar-refractivity contribution in [2.75, 3.05) is 44.2 Å². The molecule has 3 aromatic rings. The average molecular weight is 497 g/mol. The number of nitrogens with one attached hydrogen (secondary N) is 1. The lowest BCUT2D eigenvalue weighted by molar-refractivity contribution is -0.137. The standard InChI is InChI=1S/C27H30ClFN4O2/c1-18(26(34)33-14-12-31(13-15-33)25-5-3-2-4-22(25)29)19-8-10-32(11-9-19)27(35)24-17-20-16-21(28)6-7-23(20)30-24/h2-7,16-19,30H,8-15H2,1H3/t18-/m1/s1. The molecule has 2 saturated heterocycles. The number of anilines is 1. The van der Waals surface area contributed by atoms with E-state index in [-0.39, 0.29) is 29.5 Å². The van der Waals surface area contributed by atoms with Crippen LogP contribution in [-0.2, 0) is 4.79 Å². The lowest BCUT2D eigenvalue weighted by Gasteiger charge is -2.40. The first-order valence-corrected chi connectivity index (χ1v) is 12.6. The lowest BCUT2D eigenvalue weighted by Crippen LogP contribution is -2.51. The van der Waals surface area contributed by atoms with Gasteiger partial charge in [-0.3, -0.25) is 9.59 Å². The van der Waals surface area contributed by atoms with Crippen molar-refractivity contribution in [3.8, 4) is 0 Å². The summed E-state index contributed by atoms with van der Waals surface area (Å²) < 4.78 is 14.1. The number of rotatable bonds is 4. The summed E-state index contributed by atoms with van der Waals surface area (Å²) >= 11 is 6.07. The van der Waals surface area contributed by atoms with Crippen molar-refractivity contribution in [3.05, 3.63) is 65.1 Å². The van der Waals surface area contributed by atoms with Crippen LogP contribution in [0.1, 0.15) is 30.3 Å². The Morgan fingerprint density at radius 2 is 1.69 bits per heavy atom. The molecular formula is C27H30ClFN4O2. The summed E-state index contributed by atoms with van der Waals surface area (Å²) in [7, 11) is 0. The van der Waals surface area contributed by atoms with Gasteiger partial charge in [0.25, 0.3) is 5.91 Å². The van der Waals surface area contributed by atoms with Crippen molar-refractivity contribution >= 4 is 40.0 Å². The maximum absolute atomic E-state index is 14.1. The van der Waals surface area contributed by atoms with Crippen LogP contribution < -0.4 is 4.90 Å². The number of hydrogen-bond donors (Lipinski definition) is 1. The second kappa shape index (κ2) is 9.90. The van der Waals surface area contributed by atoms with Gasteiger partial charge in [0, 0.05) is 61.1 Å². The number of likely N-dealkylation sites (tertiary alicyclic amines) is 1. The van der Waals surface area contributed by atoms with Crippen LogP contribution in [0.3, 0.4) is 0 Å². The molecule has 2 fully saturated rings. The summed E-state index contributed by atoms with van der Waals surface area (Å²) in [5, 5.41) is 1.56. The molecule has 184 valence electrons. The van der Waals surface area contributed by atoms with Gasteiger partial charge in [-0.25, -0.2) is 4.39 Å². The zero-order valence-corrected chi connectivity index (χ0v) is 20.6. The number of halogens is 2. The van der Waals surface area contributed by atoms with Crippen molar-refractivity contribution < 1.29 is 14.0 Å². The summed E-state index contributed by atoms with van der Waals surface area (Å²) in [5.41, 5.74) is 2.06.